The van der Waals surface area contributed by atoms with Crippen LogP contribution in [-0.4, -0.2) is 23.5 Å². The number of carbonyl (C=O) groups is 1. The number of carbonyl (C=O) groups excluding carboxylic acids is 1. The Balaban J connectivity index is 1.61. The van der Waals surface area contributed by atoms with Crippen LogP contribution in [0.2, 0.25) is 0 Å². The minimum absolute atomic E-state index is 0.118. The lowest BCUT2D eigenvalue weighted by Gasteiger charge is -2.35. The third-order valence-corrected chi connectivity index (χ3v) is 7.90. The first-order valence-electron chi connectivity index (χ1n) is 8.48. The number of fused-ring (bicyclic) bond motifs is 1. The summed E-state index contributed by atoms with van der Waals surface area (Å²) in [5.74, 6) is 2.56. The van der Waals surface area contributed by atoms with Crippen molar-refractivity contribution in [2.24, 2.45) is 0 Å². The van der Waals surface area contributed by atoms with Crippen LogP contribution < -0.4 is 4.90 Å². The zero-order valence-corrected chi connectivity index (χ0v) is 15.4. The third-order valence-electron chi connectivity index (χ3n) is 4.79. The molecule has 0 spiro atoms. The predicted molar refractivity (Wildman–Crippen MR) is 105 cm³/mol. The van der Waals surface area contributed by atoms with Gasteiger partial charge in [-0.1, -0.05) is 30.3 Å². The van der Waals surface area contributed by atoms with Crippen LogP contribution in [0.4, 0.5) is 5.69 Å². The Kier molecular flexibility index (Phi) is 4.59. The van der Waals surface area contributed by atoms with Crippen molar-refractivity contribution in [2.45, 2.75) is 30.4 Å². The summed E-state index contributed by atoms with van der Waals surface area (Å²) in [4.78, 5) is 15.1. The van der Waals surface area contributed by atoms with Gasteiger partial charge in [-0.2, -0.15) is 0 Å². The van der Waals surface area contributed by atoms with Crippen LogP contribution in [0, 0.1) is 0 Å². The molecule has 0 aliphatic carbocycles. The Bertz CT molecular complexity index is 738. The second kappa shape index (κ2) is 6.85. The number of aryl methyl sites for hydroxylation is 1. The molecule has 1 saturated heterocycles. The van der Waals surface area contributed by atoms with E-state index in [1.807, 2.05) is 46.6 Å². The summed E-state index contributed by atoms with van der Waals surface area (Å²) >= 11 is 3.99. The van der Waals surface area contributed by atoms with Gasteiger partial charge >= 0.3 is 0 Å². The molecule has 4 heteroatoms. The molecule has 24 heavy (non-hydrogen) atoms. The first kappa shape index (κ1) is 16.1. The van der Waals surface area contributed by atoms with Crippen LogP contribution in [0.15, 0.2) is 48.5 Å². The van der Waals surface area contributed by atoms with Gasteiger partial charge in [-0.05, 0) is 49.1 Å². The summed E-state index contributed by atoms with van der Waals surface area (Å²) in [6.07, 6.45) is 2.08. The third kappa shape index (κ3) is 2.98. The van der Waals surface area contributed by atoms with Crippen molar-refractivity contribution in [3.63, 3.8) is 0 Å². The molecule has 2 aromatic carbocycles. The molecule has 1 amide bonds. The number of anilines is 1. The Morgan fingerprint density at radius 1 is 1.04 bits per heavy atom. The quantitative estimate of drug-likeness (QED) is 0.743. The van der Waals surface area contributed by atoms with Crippen LogP contribution in [0.3, 0.4) is 0 Å². The molecule has 0 bridgehead atoms. The van der Waals surface area contributed by atoms with Crippen molar-refractivity contribution < 1.29 is 4.79 Å². The fourth-order valence-corrected chi connectivity index (χ4v) is 6.33. The molecule has 0 aromatic heterocycles. The monoisotopic (exact) mass is 355 g/mol. The molecule has 2 aliphatic rings. The minimum atomic E-state index is 0.118. The maximum Gasteiger partial charge on any atom is 0.258 e. The topological polar surface area (TPSA) is 20.3 Å². The van der Waals surface area contributed by atoms with E-state index in [-0.39, 0.29) is 11.9 Å². The van der Waals surface area contributed by atoms with Gasteiger partial charge in [0.05, 0.1) is 4.58 Å². The molecule has 0 N–H and O–H groups in total. The Morgan fingerprint density at radius 3 is 2.50 bits per heavy atom. The molecule has 4 rings (SSSR count). The van der Waals surface area contributed by atoms with Crippen molar-refractivity contribution in [1.82, 2.24) is 0 Å². The lowest BCUT2D eigenvalue weighted by molar-refractivity contribution is 0.0975. The van der Waals surface area contributed by atoms with Gasteiger partial charge < -0.3 is 4.90 Å². The minimum Gasteiger partial charge on any atom is -0.305 e. The maximum absolute atomic E-state index is 13.1. The van der Waals surface area contributed by atoms with Gasteiger partial charge in [-0.3, -0.25) is 4.79 Å². The van der Waals surface area contributed by atoms with Gasteiger partial charge in [0, 0.05) is 28.8 Å². The Labute approximate surface area is 152 Å². The lowest BCUT2D eigenvalue weighted by Crippen LogP contribution is -2.42. The van der Waals surface area contributed by atoms with Crippen molar-refractivity contribution in [3.05, 3.63) is 65.2 Å². The highest BCUT2D eigenvalue weighted by atomic mass is 32.2. The van der Waals surface area contributed by atoms with E-state index < -0.39 is 0 Å². The number of nitrogens with zero attached hydrogens (tertiary/aromatic N) is 1. The molecule has 2 aliphatic heterocycles. The summed E-state index contributed by atoms with van der Waals surface area (Å²) in [6, 6.07) is 16.8. The van der Waals surface area contributed by atoms with E-state index in [0.29, 0.717) is 4.58 Å². The van der Waals surface area contributed by atoms with Gasteiger partial charge in [-0.15, -0.1) is 23.5 Å². The van der Waals surface area contributed by atoms with E-state index in [1.165, 1.54) is 22.6 Å². The molecule has 1 unspecified atom stereocenters. The number of thioether (sulfide) groups is 2. The van der Waals surface area contributed by atoms with Gasteiger partial charge in [-0.25, -0.2) is 0 Å². The largest absolute Gasteiger partial charge is 0.305 e. The van der Waals surface area contributed by atoms with E-state index >= 15 is 0 Å². The zero-order chi connectivity index (χ0) is 16.5. The van der Waals surface area contributed by atoms with Crippen molar-refractivity contribution >= 4 is 35.1 Å². The summed E-state index contributed by atoms with van der Waals surface area (Å²) < 4.78 is 0.531. The molecule has 2 aromatic rings. The van der Waals surface area contributed by atoms with Crippen LogP contribution in [0.5, 0.6) is 0 Å². The molecule has 2 nitrogen and oxygen atoms in total. The van der Waals surface area contributed by atoms with Crippen molar-refractivity contribution in [2.75, 3.05) is 16.4 Å². The van der Waals surface area contributed by atoms with Crippen molar-refractivity contribution in [1.29, 1.82) is 0 Å². The molecule has 124 valence electrons. The molecule has 1 fully saturated rings. The van der Waals surface area contributed by atoms with E-state index in [1.54, 1.807) is 0 Å². The number of rotatable bonds is 2. The summed E-state index contributed by atoms with van der Waals surface area (Å²) in [5, 5.41) is 0. The van der Waals surface area contributed by atoms with Crippen LogP contribution in [-0.2, 0) is 6.42 Å². The SMILES string of the molecule is CC1CCc2ccccc2N1C(=O)c1ccc(C2SCCS2)cc1. The molecule has 2 heterocycles. The fraction of sp³-hybridized carbons (Fsp3) is 0.350. The number of benzene rings is 2. The summed E-state index contributed by atoms with van der Waals surface area (Å²) in [5.41, 5.74) is 4.47. The van der Waals surface area contributed by atoms with Gasteiger partial charge in [0.2, 0.25) is 0 Å². The Morgan fingerprint density at radius 2 is 1.75 bits per heavy atom. The molecular formula is C20H21NOS2. The summed E-state index contributed by atoms with van der Waals surface area (Å²) in [7, 11) is 0. The molecular weight excluding hydrogens is 334 g/mol. The average molecular weight is 356 g/mol. The normalized spacial score (nSPS) is 20.9. The van der Waals surface area contributed by atoms with Gasteiger partial charge in [0.15, 0.2) is 0 Å². The van der Waals surface area contributed by atoms with E-state index in [0.717, 1.165) is 24.1 Å². The maximum atomic E-state index is 13.1. The Hall–Kier alpha value is -1.39. The van der Waals surface area contributed by atoms with Crippen molar-refractivity contribution in [3.8, 4) is 0 Å². The molecule has 0 saturated carbocycles. The first-order chi connectivity index (χ1) is 11.7. The fourth-order valence-electron chi connectivity index (χ4n) is 3.47. The van der Waals surface area contributed by atoms with Crippen LogP contribution >= 0.6 is 23.5 Å². The highest BCUT2D eigenvalue weighted by molar-refractivity contribution is 8.19. The highest BCUT2D eigenvalue weighted by Gasteiger charge is 2.29. The van der Waals surface area contributed by atoms with E-state index in [2.05, 4.69) is 37.3 Å². The highest BCUT2D eigenvalue weighted by Crippen LogP contribution is 2.45. The number of para-hydroxylation sites is 1. The predicted octanol–water partition coefficient (Wildman–Crippen LogP) is 5.15. The van der Waals surface area contributed by atoms with Gasteiger partial charge in [0.1, 0.15) is 0 Å². The van der Waals surface area contributed by atoms with Gasteiger partial charge in [0.25, 0.3) is 5.91 Å². The summed E-state index contributed by atoms with van der Waals surface area (Å²) in [6.45, 7) is 2.15. The molecule has 0 radical (unpaired) electrons. The number of amides is 1. The first-order valence-corrected chi connectivity index (χ1v) is 10.6. The smallest absolute Gasteiger partial charge is 0.258 e. The average Bonchev–Trinajstić information content (AvgIpc) is 3.16. The standard InChI is InChI=1S/C20H21NOS2/c1-14-6-7-15-4-2-3-5-18(15)21(14)19(22)16-8-10-17(11-9-16)20-23-12-13-24-20/h2-5,8-11,14,20H,6-7,12-13H2,1H3. The molecule has 1 atom stereocenters. The number of hydrogen-bond acceptors (Lipinski definition) is 3. The van der Waals surface area contributed by atoms with Crippen LogP contribution in [0.25, 0.3) is 0 Å². The zero-order valence-electron chi connectivity index (χ0n) is 13.8. The number of hydrogen-bond donors (Lipinski definition) is 0. The van der Waals surface area contributed by atoms with E-state index in [9.17, 15) is 4.79 Å². The lowest BCUT2D eigenvalue weighted by atomic mass is 9.95. The van der Waals surface area contributed by atoms with Crippen LogP contribution in [0.1, 0.15) is 39.4 Å². The second-order valence-electron chi connectivity index (χ2n) is 6.39. The van der Waals surface area contributed by atoms with E-state index in [4.69, 9.17) is 0 Å². The second-order valence-corrected chi connectivity index (χ2v) is 9.11.